The standard InChI is InChI=1S/C8H10O.C2H6O.H2/c1-2-7-5-3-4-6-8(7)9;1-2-3;/h3-6,9H,2H2,1H3;3H,2H2,1H3;1H. The second-order valence-corrected chi connectivity index (χ2v) is 2.30. The van der Waals surface area contributed by atoms with Gasteiger partial charge in [0, 0.05) is 8.03 Å². The van der Waals surface area contributed by atoms with Crippen LogP contribution < -0.4 is 0 Å². The molecule has 70 valence electrons. The first-order valence-electron chi connectivity index (χ1n) is 4.13. The van der Waals surface area contributed by atoms with Gasteiger partial charge in [0.05, 0.1) is 0 Å². The molecule has 12 heavy (non-hydrogen) atoms. The van der Waals surface area contributed by atoms with Crippen LogP contribution in [0.15, 0.2) is 24.3 Å². The molecule has 1 aromatic rings. The van der Waals surface area contributed by atoms with E-state index in [1.54, 1.807) is 13.0 Å². The molecule has 0 unspecified atom stereocenters. The Morgan fingerprint density at radius 3 is 2.08 bits per heavy atom. The molecule has 1 aromatic carbocycles. The van der Waals surface area contributed by atoms with E-state index in [4.69, 9.17) is 10.2 Å². The van der Waals surface area contributed by atoms with Gasteiger partial charge in [-0.2, -0.15) is 0 Å². The summed E-state index contributed by atoms with van der Waals surface area (Å²) in [7, 11) is 0. The lowest BCUT2D eigenvalue weighted by atomic mass is 10.1. The lowest BCUT2D eigenvalue weighted by Gasteiger charge is -1.97. The number of phenols is 1. The van der Waals surface area contributed by atoms with Crippen LogP contribution in [0.1, 0.15) is 20.8 Å². The van der Waals surface area contributed by atoms with Gasteiger partial charge in [0.15, 0.2) is 0 Å². The van der Waals surface area contributed by atoms with E-state index < -0.39 is 0 Å². The number of para-hydroxylation sites is 1. The number of aromatic hydroxyl groups is 1. The van der Waals surface area contributed by atoms with Crippen molar-refractivity contribution in [3.63, 3.8) is 0 Å². The fourth-order valence-corrected chi connectivity index (χ4v) is 0.810. The third kappa shape index (κ3) is 3.98. The van der Waals surface area contributed by atoms with Crippen LogP contribution in [0, 0.1) is 0 Å². The summed E-state index contributed by atoms with van der Waals surface area (Å²) in [6.07, 6.45) is 0.896. The van der Waals surface area contributed by atoms with Crippen LogP contribution >= 0.6 is 0 Å². The Labute approximate surface area is 75.0 Å². The average Bonchev–Trinajstić information content (AvgIpc) is 2.07. The van der Waals surface area contributed by atoms with Crippen LogP contribution in [-0.2, 0) is 6.42 Å². The predicted octanol–water partition coefficient (Wildman–Crippen LogP) is 2.20. The van der Waals surface area contributed by atoms with Gasteiger partial charge in [0.1, 0.15) is 5.75 Å². The number of phenolic OH excluding ortho intramolecular Hbond substituents is 1. The number of hydrogen-bond donors (Lipinski definition) is 2. The zero-order valence-electron chi connectivity index (χ0n) is 7.62. The number of rotatable bonds is 1. The largest absolute Gasteiger partial charge is 0.508 e. The number of hydrogen-bond acceptors (Lipinski definition) is 2. The maximum atomic E-state index is 9.11. The Kier molecular flexibility index (Phi) is 6.11. The van der Waals surface area contributed by atoms with Gasteiger partial charge in [0.2, 0.25) is 0 Å². The topological polar surface area (TPSA) is 40.5 Å². The van der Waals surface area contributed by atoms with Gasteiger partial charge in [-0.3, -0.25) is 0 Å². The highest BCUT2D eigenvalue weighted by Gasteiger charge is 1.92. The van der Waals surface area contributed by atoms with Crippen molar-refractivity contribution < 1.29 is 11.6 Å². The minimum atomic E-state index is 0. The fourth-order valence-electron chi connectivity index (χ4n) is 0.810. The molecule has 2 nitrogen and oxygen atoms in total. The molecule has 2 heteroatoms. The second-order valence-electron chi connectivity index (χ2n) is 2.30. The van der Waals surface area contributed by atoms with Crippen molar-refractivity contribution >= 4 is 0 Å². The smallest absolute Gasteiger partial charge is 0.118 e. The summed E-state index contributed by atoms with van der Waals surface area (Å²) in [4.78, 5) is 0. The molecule has 0 atom stereocenters. The van der Waals surface area contributed by atoms with E-state index in [1.165, 1.54) is 0 Å². The van der Waals surface area contributed by atoms with Gasteiger partial charge in [0.25, 0.3) is 0 Å². The quantitative estimate of drug-likeness (QED) is 0.678. The molecule has 0 saturated carbocycles. The molecule has 2 N–H and O–H groups in total. The van der Waals surface area contributed by atoms with Crippen LogP contribution in [0.4, 0.5) is 0 Å². The molecule has 0 spiro atoms. The van der Waals surface area contributed by atoms with Gasteiger partial charge in [-0.05, 0) is 25.0 Å². The first-order chi connectivity index (χ1) is 5.76. The van der Waals surface area contributed by atoms with E-state index in [1.807, 2.05) is 25.1 Å². The van der Waals surface area contributed by atoms with E-state index in [-0.39, 0.29) is 8.03 Å². The molecular formula is C10H18O2. The summed E-state index contributed by atoms with van der Waals surface area (Å²) in [6, 6.07) is 7.39. The van der Waals surface area contributed by atoms with Gasteiger partial charge < -0.3 is 10.2 Å². The van der Waals surface area contributed by atoms with Crippen molar-refractivity contribution in [2.24, 2.45) is 0 Å². The van der Waals surface area contributed by atoms with Gasteiger partial charge in [-0.1, -0.05) is 25.1 Å². The Balaban J connectivity index is 0. The summed E-state index contributed by atoms with van der Waals surface area (Å²) in [5.74, 6) is 0.403. The number of benzene rings is 1. The second kappa shape index (κ2) is 6.68. The highest BCUT2D eigenvalue weighted by Crippen LogP contribution is 2.14. The first kappa shape index (κ1) is 11.0. The lowest BCUT2D eigenvalue weighted by molar-refractivity contribution is 0.318. The number of aryl methyl sites for hydroxylation is 1. The Morgan fingerprint density at radius 2 is 1.75 bits per heavy atom. The van der Waals surface area contributed by atoms with Gasteiger partial charge >= 0.3 is 0 Å². The van der Waals surface area contributed by atoms with Crippen LogP contribution in [0.5, 0.6) is 5.75 Å². The predicted molar refractivity (Wildman–Crippen MR) is 52.4 cm³/mol. The molecule has 0 aliphatic rings. The van der Waals surface area contributed by atoms with E-state index in [2.05, 4.69) is 0 Å². The van der Waals surface area contributed by atoms with Crippen molar-refractivity contribution in [3.05, 3.63) is 29.8 Å². The lowest BCUT2D eigenvalue weighted by Crippen LogP contribution is -1.77. The van der Waals surface area contributed by atoms with E-state index >= 15 is 0 Å². The summed E-state index contributed by atoms with van der Waals surface area (Å²) in [5.41, 5.74) is 1.01. The summed E-state index contributed by atoms with van der Waals surface area (Å²) < 4.78 is 0. The minimum Gasteiger partial charge on any atom is -0.508 e. The Hall–Kier alpha value is -1.02. The number of aliphatic hydroxyl groups is 1. The monoisotopic (exact) mass is 170 g/mol. The molecule has 0 heterocycles. The molecule has 0 aromatic heterocycles. The maximum Gasteiger partial charge on any atom is 0.118 e. The van der Waals surface area contributed by atoms with Crippen molar-refractivity contribution in [1.82, 2.24) is 0 Å². The van der Waals surface area contributed by atoms with Crippen LogP contribution in [0.3, 0.4) is 0 Å². The van der Waals surface area contributed by atoms with Crippen molar-refractivity contribution in [3.8, 4) is 5.75 Å². The first-order valence-corrected chi connectivity index (χ1v) is 4.13. The Bertz CT molecular complexity index is 214. The molecular weight excluding hydrogens is 152 g/mol. The highest BCUT2D eigenvalue weighted by molar-refractivity contribution is 5.31. The summed E-state index contributed by atoms with van der Waals surface area (Å²) in [5, 5.41) is 16.7. The molecule has 0 aliphatic heterocycles. The molecule has 0 amide bonds. The summed E-state index contributed by atoms with van der Waals surface area (Å²) in [6.45, 7) is 3.95. The zero-order valence-corrected chi connectivity index (χ0v) is 7.62. The molecule has 1 rings (SSSR count). The normalized spacial score (nSPS) is 8.58. The highest BCUT2D eigenvalue weighted by atomic mass is 16.3. The third-order valence-electron chi connectivity index (χ3n) is 1.37. The van der Waals surface area contributed by atoms with Crippen LogP contribution in [0.2, 0.25) is 0 Å². The van der Waals surface area contributed by atoms with E-state index in [0.717, 1.165) is 12.0 Å². The average molecular weight is 170 g/mol. The van der Waals surface area contributed by atoms with Crippen LogP contribution in [0.25, 0.3) is 0 Å². The molecule has 0 saturated heterocycles. The van der Waals surface area contributed by atoms with E-state index in [9.17, 15) is 0 Å². The fraction of sp³-hybridized carbons (Fsp3) is 0.400. The van der Waals surface area contributed by atoms with Gasteiger partial charge in [-0.15, -0.1) is 0 Å². The number of aliphatic hydroxyl groups excluding tert-OH is 1. The molecule has 0 radical (unpaired) electrons. The van der Waals surface area contributed by atoms with E-state index in [0.29, 0.717) is 5.75 Å². The molecule has 0 aliphatic carbocycles. The maximum absolute atomic E-state index is 9.11. The van der Waals surface area contributed by atoms with Crippen molar-refractivity contribution in [2.75, 3.05) is 6.61 Å². The molecule has 0 fully saturated rings. The SMILES string of the molecule is CCO.CCc1ccccc1O.[HH]. The third-order valence-corrected chi connectivity index (χ3v) is 1.37. The molecule has 0 bridgehead atoms. The Morgan fingerprint density at radius 1 is 1.25 bits per heavy atom. The van der Waals surface area contributed by atoms with Gasteiger partial charge in [-0.25, -0.2) is 0 Å². The van der Waals surface area contributed by atoms with Crippen molar-refractivity contribution in [2.45, 2.75) is 20.3 Å². The van der Waals surface area contributed by atoms with Crippen LogP contribution in [-0.4, -0.2) is 16.8 Å². The minimum absolute atomic E-state index is 0. The summed E-state index contributed by atoms with van der Waals surface area (Å²) >= 11 is 0. The zero-order chi connectivity index (χ0) is 9.40. The van der Waals surface area contributed by atoms with Crippen molar-refractivity contribution in [1.29, 1.82) is 0 Å².